The number of fused-ring (bicyclic) bond motifs is 1. The van der Waals surface area contributed by atoms with Gasteiger partial charge in [-0.15, -0.1) is 0 Å². The minimum absolute atomic E-state index is 0.294. The van der Waals surface area contributed by atoms with Gasteiger partial charge in [-0.25, -0.2) is 0 Å². The fraction of sp³-hybridized carbons (Fsp3) is 0.357. The predicted octanol–water partition coefficient (Wildman–Crippen LogP) is 3.63. The molecule has 0 unspecified atom stereocenters. The molecule has 0 aliphatic carbocycles. The van der Waals surface area contributed by atoms with E-state index >= 15 is 0 Å². The summed E-state index contributed by atoms with van der Waals surface area (Å²) in [7, 11) is 0. The summed E-state index contributed by atoms with van der Waals surface area (Å²) in [6.07, 6.45) is -5.71. The van der Waals surface area contributed by atoms with Crippen LogP contribution in [0.15, 0.2) is 54.6 Å². The first kappa shape index (κ1) is 26.9. The number of aromatic amines is 1. The van der Waals surface area contributed by atoms with Gasteiger partial charge in [0.25, 0.3) is 0 Å². The molecule has 5 atom stereocenters. The molecule has 0 spiro atoms. The van der Waals surface area contributed by atoms with E-state index in [1.807, 2.05) is 54.6 Å². The number of nitrogens with one attached hydrogen (secondary N) is 1. The lowest BCUT2D eigenvalue weighted by molar-refractivity contribution is -0.254. The molecule has 1 fully saturated rings. The molecule has 2 aromatic carbocycles. The van der Waals surface area contributed by atoms with Crippen LogP contribution in [-0.4, -0.2) is 59.9 Å². The van der Waals surface area contributed by atoms with Gasteiger partial charge in [0.15, 0.2) is 18.3 Å². The monoisotopic (exact) mass is 523 g/mol. The first-order valence-electron chi connectivity index (χ1n) is 12.1. The van der Waals surface area contributed by atoms with E-state index in [4.69, 9.17) is 23.7 Å². The lowest BCUT2D eigenvalue weighted by atomic mass is 9.88. The highest BCUT2D eigenvalue weighted by Gasteiger charge is 2.53. The molecule has 38 heavy (non-hydrogen) atoms. The van der Waals surface area contributed by atoms with Crippen LogP contribution in [0.5, 0.6) is 0 Å². The molecule has 1 aromatic heterocycles. The molecule has 0 saturated carbocycles. The summed E-state index contributed by atoms with van der Waals surface area (Å²) in [6.45, 7) is 4.55. The van der Waals surface area contributed by atoms with Gasteiger partial charge in [0.05, 0.1) is 5.69 Å². The van der Waals surface area contributed by atoms with Crippen molar-refractivity contribution < 1.29 is 42.9 Å². The highest BCUT2D eigenvalue weighted by atomic mass is 16.7. The number of para-hydroxylation sites is 1. The van der Waals surface area contributed by atoms with Crippen molar-refractivity contribution in [1.29, 1.82) is 0 Å². The highest BCUT2D eigenvalue weighted by Crippen LogP contribution is 2.44. The first-order valence-corrected chi connectivity index (χ1v) is 12.1. The highest BCUT2D eigenvalue weighted by molar-refractivity contribution is 5.91. The summed E-state index contributed by atoms with van der Waals surface area (Å²) in [5.41, 5.74) is 2.98. The van der Waals surface area contributed by atoms with Crippen LogP contribution in [0.4, 0.5) is 0 Å². The average molecular weight is 524 g/mol. The Balaban J connectivity index is 1.93. The Morgan fingerprint density at radius 3 is 1.95 bits per heavy atom. The minimum Gasteiger partial charge on any atom is -0.463 e. The van der Waals surface area contributed by atoms with Crippen molar-refractivity contribution in [2.24, 2.45) is 0 Å². The van der Waals surface area contributed by atoms with Crippen molar-refractivity contribution in [3.8, 4) is 11.3 Å². The fourth-order valence-corrected chi connectivity index (χ4v) is 4.75. The third-order valence-electron chi connectivity index (χ3n) is 6.08. The van der Waals surface area contributed by atoms with Crippen LogP contribution in [-0.2, 0) is 42.9 Å². The van der Waals surface area contributed by atoms with Gasteiger partial charge in [0, 0.05) is 44.2 Å². The molecular formula is C28H29NO9. The number of esters is 4. The molecule has 10 nitrogen and oxygen atoms in total. The number of aromatic nitrogens is 1. The van der Waals surface area contributed by atoms with Crippen LogP contribution < -0.4 is 0 Å². The summed E-state index contributed by atoms with van der Waals surface area (Å²) in [4.78, 5) is 51.6. The van der Waals surface area contributed by atoms with Gasteiger partial charge in [-0.05, 0) is 11.6 Å². The van der Waals surface area contributed by atoms with Crippen molar-refractivity contribution in [1.82, 2.24) is 4.98 Å². The maximum atomic E-state index is 12.3. The number of hydrogen-bond acceptors (Lipinski definition) is 9. The Labute approximate surface area is 219 Å². The smallest absolute Gasteiger partial charge is 0.303 e. The van der Waals surface area contributed by atoms with E-state index in [2.05, 4.69) is 4.98 Å². The second-order valence-corrected chi connectivity index (χ2v) is 8.95. The molecule has 3 aromatic rings. The summed E-state index contributed by atoms with van der Waals surface area (Å²) in [5, 5.41) is 0.784. The van der Waals surface area contributed by atoms with Gasteiger partial charge in [-0.2, -0.15) is 0 Å². The average Bonchev–Trinajstić information content (AvgIpc) is 3.24. The van der Waals surface area contributed by atoms with Crippen molar-refractivity contribution in [2.45, 2.75) is 58.2 Å². The first-order chi connectivity index (χ1) is 18.2. The number of hydrogen-bond donors (Lipinski definition) is 1. The predicted molar refractivity (Wildman–Crippen MR) is 135 cm³/mol. The van der Waals surface area contributed by atoms with Crippen molar-refractivity contribution in [3.63, 3.8) is 0 Å². The zero-order chi connectivity index (χ0) is 27.4. The number of H-pyrrole nitrogens is 1. The summed E-state index contributed by atoms with van der Waals surface area (Å²) >= 11 is 0. The minimum atomic E-state index is -1.25. The van der Waals surface area contributed by atoms with Crippen LogP contribution in [0, 0.1) is 0 Å². The number of benzene rings is 2. The maximum Gasteiger partial charge on any atom is 0.303 e. The second-order valence-electron chi connectivity index (χ2n) is 8.95. The molecule has 200 valence electrons. The Kier molecular flexibility index (Phi) is 8.11. The lowest BCUT2D eigenvalue weighted by Crippen LogP contribution is -2.59. The van der Waals surface area contributed by atoms with Crippen LogP contribution in [0.1, 0.15) is 39.4 Å². The second kappa shape index (κ2) is 11.5. The van der Waals surface area contributed by atoms with Gasteiger partial charge in [-0.3, -0.25) is 19.2 Å². The number of rotatable bonds is 7. The van der Waals surface area contributed by atoms with Gasteiger partial charge >= 0.3 is 23.9 Å². The molecule has 1 aliphatic heterocycles. The Hall–Kier alpha value is -4.18. The van der Waals surface area contributed by atoms with Crippen LogP contribution in [0.25, 0.3) is 22.2 Å². The van der Waals surface area contributed by atoms with Gasteiger partial charge in [0.1, 0.15) is 18.8 Å². The molecule has 4 rings (SSSR count). The van der Waals surface area contributed by atoms with Crippen molar-refractivity contribution in [2.75, 3.05) is 6.61 Å². The molecule has 0 radical (unpaired) electrons. The molecule has 1 N–H and O–H groups in total. The Morgan fingerprint density at radius 2 is 1.32 bits per heavy atom. The molecule has 0 bridgehead atoms. The standard InChI is InChI=1S/C28H29NO9/c1-15(30)34-14-22-25(35-16(2)31)27(36-17(3)32)28(37-18(4)33)26(38-22)23-20-12-8-9-13-21(20)29-24(23)19-10-6-5-7-11-19/h5-13,22,25-29H,14H2,1-4H3/t22-,25-,26+,27+,28+/m1/s1. The largest absolute Gasteiger partial charge is 0.463 e. The molecule has 0 amide bonds. The van der Waals surface area contributed by atoms with Crippen LogP contribution in [0.3, 0.4) is 0 Å². The number of carbonyl (C=O) groups is 4. The SMILES string of the molecule is CC(=O)OC[C@H]1O[C@@H](c2c(-c3ccccc3)[nH]c3ccccc23)[C@H](OC(C)=O)[C@@H](OC(C)=O)[C@@H]1OC(C)=O. The number of carbonyl (C=O) groups excluding carboxylic acids is 4. The zero-order valence-electron chi connectivity index (χ0n) is 21.5. The zero-order valence-corrected chi connectivity index (χ0v) is 21.5. The molecular weight excluding hydrogens is 494 g/mol. The molecule has 10 heteroatoms. The quantitative estimate of drug-likeness (QED) is 0.364. The van der Waals surface area contributed by atoms with E-state index in [1.54, 1.807) is 0 Å². The normalized spacial score (nSPS) is 22.9. The summed E-state index contributed by atoms with van der Waals surface area (Å²) < 4.78 is 28.5. The van der Waals surface area contributed by atoms with E-state index < -0.39 is 54.4 Å². The Morgan fingerprint density at radius 1 is 0.737 bits per heavy atom. The Bertz CT molecular complexity index is 1330. The van der Waals surface area contributed by atoms with Gasteiger partial charge < -0.3 is 28.7 Å². The molecule has 2 heterocycles. The molecule has 1 saturated heterocycles. The topological polar surface area (TPSA) is 130 Å². The van der Waals surface area contributed by atoms with Gasteiger partial charge in [-0.1, -0.05) is 48.5 Å². The lowest BCUT2D eigenvalue weighted by Gasteiger charge is -2.44. The van der Waals surface area contributed by atoms with Crippen LogP contribution in [0.2, 0.25) is 0 Å². The van der Waals surface area contributed by atoms with E-state index in [9.17, 15) is 19.2 Å². The van der Waals surface area contributed by atoms with E-state index in [0.29, 0.717) is 11.3 Å². The van der Waals surface area contributed by atoms with Crippen molar-refractivity contribution in [3.05, 3.63) is 60.2 Å². The number of ether oxygens (including phenoxy) is 5. The van der Waals surface area contributed by atoms with E-state index in [0.717, 1.165) is 16.5 Å². The van der Waals surface area contributed by atoms with Crippen molar-refractivity contribution >= 4 is 34.8 Å². The maximum absolute atomic E-state index is 12.3. The van der Waals surface area contributed by atoms with E-state index in [1.165, 1.54) is 27.7 Å². The van der Waals surface area contributed by atoms with E-state index in [-0.39, 0.29) is 6.61 Å². The third-order valence-corrected chi connectivity index (χ3v) is 6.08. The van der Waals surface area contributed by atoms with Gasteiger partial charge in [0.2, 0.25) is 0 Å². The third kappa shape index (κ3) is 5.86. The fourth-order valence-electron chi connectivity index (χ4n) is 4.75. The molecule has 1 aliphatic rings. The summed E-state index contributed by atoms with van der Waals surface area (Å²) in [6, 6.07) is 17.0. The summed E-state index contributed by atoms with van der Waals surface area (Å²) in [5.74, 6) is -2.59. The van der Waals surface area contributed by atoms with Crippen LogP contribution >= 0.6 is 0 Å².